The number of hydrogen-bond donors (Lipinski definition) is 0. The highest BCUT2D eigenvalue weighted by Crippen LogP contribution is 2.27. The van der Waals surface area contributed by atoms with Crippen molar-refractivity contribution in [3.8, 4) is 0 Å². The zero-order valence-corrected chi connectivity index (χ0v) is 14.6. The summed E-state index contributed by atoms with van der Waals surface area (Å²) in [5.74, 6) is 1.25. The number of unbranched alkanes of at least 4 members (excludes halogenated alkanes) is 8. The average Bonchev–Trinajstić information content (AvgIpc) is 2.43. The van der Waals surface area contributed by atoms with Crippen molar-refractivity contribution in [3.63, 3.8) is 0 Å². The maximum Gasteiger partial charge on any atom is 0.0311 e. The molecule has 1 rings (SSSR count). The molecule has 0 aliphatic rings. The minimum Gasteiger partial charge on any atom is -0.125 e. The van der Waals surface area contributed by atoms with Gasteiger partial charge in [0.2, 0.25) is 0 Å². The van der Waals surface area contributed by atoms with Crippen molar-refractivity contribution in [3.05, 3.63) is 28.7 Å². The van der Waals surface area contributed by atoms with E-state index in [1.807, 2.05) is 11.8 Å². The summed E-state index contributed by atoms with van der Waals surface area (Å²) in [5.41, 5.74) is 0. The molecule has 0 aliphatic heterocycles. The van der Waals surface area contributed by atoms with Crippen LogP contribution in [0.5, 0.6) is 0 Å². The third kappa shape index (κ3) is 8.75. The normalized spacial score (nSPS) is 10.8. The van der Waals surface area contributed by atoms with Crippen molar-refractivity contribution in [2.45, 2.75) is 69.6 Å². The number of rotatable bonds is 11. The van der Waals surface area contributed by atoms with E-state index >= 15 is 0 Å². The molecular formula is C17H27BrS. The molecule has 0 fully saturated rings. The second-order valence-electron chi connectivity index (χ2n) is 5.11. The lowest BCUT2D eigenvalue weighted by atomic mass is 10.1. The lowest BCUT2D eigenvalue weighted by Gasteiger charge is -2.04. The predicted octanol–water partition coefficient (Wildman–Crippen LogP) is 7.07. The lowest BCUT2D eigenvalue weighted by Crippen LogP contribution is -1.84. The summed E-state index contributed by atoms with van der Waals surface area (Å²) in [5, 5.41) is 0. The van der Waals surface area contributed by atoms with Crippen LogP contribution in [0.15, 0.2) is 33.6 Å². The first kappa shape index (κ1) is 17.1. The van der Waals surface area contributed by atoms with Crippen molar-refractivity contribution in [1.82, 2.24) is 0 Å². The Labute approximate surface area is 131 Å². The van der Waals surface area contributed by atoms with Gasteiger partial charge in [-0.2, -0.15) is 0 Å². The van der Waals surface area contributed by atoms with Crippen molar-refractivity contribution in [1.29, 1.82) is 0 Å². The largest absolute Gasteiger partial charge is 0.125 e. The van der Waals surface area contributed by atoms with Crippen molar-refractivity contribution in [2.24, 2.45) is 0 Å². The van der Waals surface area contributed by atoms with Crippen LogP contribution in [0.3, 0.4) is 0 Å². The maximum absolute atomic E-state index is 3.60. The molecular weight excluding hydrogens is 316 g/mol. The molecule has 1 aromatic carbocycles. The van der Waals surface area contributed by atoms with Gasteiger partial charge in [0.05, 0.1) is 0 Å². The number of hydrogen-bond acceptors (Lipinski definition) is 1. The topological polar surface area (TPSA) is 0 Å². The van der Waals surface area contributed by atoms with E-state index in [4.69, 9.17) is 0 Å². The Morgan fingerprint density at radius 3 is 2.05 bits per heavy atom. The molecule has 0 amide bonds. The van der Waals surface area contributed by atoms with Crippen LogP contribution in [0.1, 0.15) is 64.7 Å². The molecule has 0 atom stereocenters. The first-order valence-corrected chi connectivity index (χ1v) is 9.49. The van der Waals surface area contributed by atoms with E-state index in [1.54, 1.807) is 0 Å². The Morgan fingerprint density at radius 1 is 0.842 bits per heavy atom. The summed E-state index contributed by atoms with van der Waals surface area (Å²) in [4.78, 5) is 1.38. The Morgan fingerprint density at radius 2 is 1.42 bits per heavy atom. The molecule has 0 saturated carbocycles. The van der Waals surface area contributed by atoms with Crippen LogP contribution in [0.25, 0.3) is 0 Å². The number of halogens is 1. The fourth-order valence-corrected chi connectivity index (χ4v) is 3.73. The molecule has 0 unspecified atom stereocenters. The second-order valence-corrected chi connectivity index (χ2v) is 7.10. The van der Waals surface area contributed by atoms with E-state index < -0.39 is 0 Å². The molecule has 0 spiro atoms. The van der Waals surface area contributed by atoms with E-state index in [9.17, 15) is 0 Å². The molecule has 0 aromatic heterocycles. The van der Waals surface area contributed by atoms with Gasteiger partial charge < -0.3 is 0 Å². The summed E-state index contributed by atoms with van der Waals surface area (Å²) in [7, 11) is 0. The zero-order chi connectivity index (χ0) is 13.8. The van der Waals surface area contributed by atoms with Crippen LogP contribution < -0.4 is 0 Å². The quantitative estimate of drug-likeness (QED) is 0.306. The highest BCUT2D eigenvalue weighted by atomic mass is 79.9. The predicted molar refractivity (Wildman–Crippen MR) is 92.1 cm³/mol. The number of thioether (sulfide) groups is 1. The van der Waals surface area contributed by atoms with Gasteiger partial charge in [-0.3, -0.25) is 0 Å². The Hall–Kier alpha value is 0.0500. The number of benzene rings is 1. The van der Waals surface area contributed by atoms with Crippen molar-refractivity contribution in [2.75, 3.05) is 5.75 Å². The Bertz CT molecular complexity index is 325. The standard InChI is InChI=1S/C17H27BrS/c1-2-3-4-5-6-7-8-9-12-15-19-17-14-11-10-13-16(17)18/h10-11,13-14H,2-9,12,15H2,1H3. The van der Waals surface area contributed by atoms with E-state index in [-0.39, 0.29) is 0 Å². The molecule has 108 valence electrons. The van der Waals surface area contributed by atoms with Crippen LogP contribution >= 0.6 is 27.7 Å². The van der Waals surface area contributed by atoms with Gasteiger partial charge in [-0.1, -0.05) is 70.4 Å². The van der Waals surface area contributed by atoms with Gasteiger partial charge in [0, 0.05) is 9.37 Å². The van der Waals surface area contributed by atoms with Gasteiger partial charge in [0.25, 0.3) is 0 Å². The summed E-state index contributed by atoms with van der Waals surface area (Å²) >= 11 is 5.57. The highest BCUT2D eigenvalue weighted by Gasteiger charge is 1.98. The van der Waals surface area contributed by atoms with Crippen LogP contribution in [0.4, 0.5) is 0 Å². The van der Waals surface area contributed by atoms with Crippen molar-refractivity contribution >= 4 is 27.7 Å². The molecule has 1 aromatic rings. The second kappa shape index (κ2) is 11.8. The first-order chi connectivity index (χ1) is 9.34. The van der Waals surface area contributed by atoms with Gasteiger partial charge in [-0.05, 0) is 40.2 Å². The SMILES string of the molecule is CCCCCCCCCCCSc1ccccc1Br. The third-order valence-electron chi connectivity index (χ3n) is 3.34. The van der Waals surface area contributed by atoms with Gasteiger partial charge in [0.1, 0.15) is 0 Å². The lowest BCUT2D eigenvalue weighted by molar-refractivity contribution is 0.573. The smallest absolute Gasteiger partial charge is 0.0311 e. The molecule has 0 nitrogen and oxygen atoms in total. The van der Waals surface area contributed by atoms with Crippen LogP contribution in [-0.2, 0) is 0 Å². The van der Waals surface area contributed by atoms with Gasteiger partial charge in [-0.15, -0.1) is 11.8 Å². The minimum absolute atomic E-state index is 1.23. The molecule has 0 saturated heterocycles. The van der Waals surface area contributed by atoms with Crippen molar-refractivity contribution < 1.29 is 0 Å². The molecule has 19 heavy (non-hydrogen) atoms. The van der Waals surface area contributed by atoms with Crippen LogP contribution in [-0.4, -0.2) is 5.75 Å². The van der Waals surface area contributed by atoms with Crippen LogP contribution in [0.2, 0.25) is 0 Å². The average molecular weight is 343 g/mol. The van der Waals surface area contributed by atoms with Gasteiger partial charge in [0.15, 0.2) is 0 Å². The summed E-state index contributed by atoms with van der Waals surface area (Å²) < 4.78 is 1.23. The summed E-state index contributed by atoms with van der Waals surface area (Å²) in [6, 6.07) is 8.51. The highest BCUT2D eigenvalue weighted by molar-refractivity contribution is 9.10. The molecule has 0 aliphatic carbocycles. The third-order valence-corrected chi connectivity index (χ3v) is 5.46. The Kier molecular flexibility index (Phi) is 10.7. The van der Waals surface area contributed by atoms with E-state index in [1.165, 1.54) is 72.9 Å². The maximum atomic E-state index is 3.60. The molecule has 0 heterocycles. The monoisotopic (exact) mass is 342 g/mol. The molecule has 0 N–H and O–H groups in total. The van der Waals surface area contributed by atoms with Crippen LogP contribution in [0, 0.1) is 0 Å². The Balaban J connectivity index is 1.90. The molecule has 2 heteroatoms. The van der Waals surface area contributed by atoms with Gasteiger partial charge in [-0.25, -0.2) is 0 Å². The van der Waals surface area contributed by atoms with E-state index in [0.717, 1.165) is 0 Å². The fraction of sp³-hybridized carbons (Fsp3) is 0.647. The summed E-state index contributed by atoms with van der Waals surface area (Å²) in [6.07, 6.45) is 12.7. The first-order valence-electron chi connectivity index (χ1n) is 7.72. The van der Waals surface area contributed by atoms with E-state index in [0.29, 0.717) is 0 Å². The van der Waals surface area contributed by atoms with E-state index in [2.05, 4.69) is 47.1 Å². The fourth-order valence-electron chi connectivity index (χ4n) is 2.16. The van der Waals surface area contributed by atoms with Gasteiger partial charge >= 0.3 is 0 Å². The minimum atomic E-state index is 1.23. The molecule has 0 radical (unpaired) electrons. The summed E-state index contributed by atoms with van der Waals surface area (Å²) in [6.45, 7) is 2.28. The zero-order valence-electron chi connectivity index (χ0n) is 12.2. The molecule has 0 bridgehead atoms.